The van der Waals surface area contributed by atoms with Crippen molar-refractivity contribution in [2.24, 2.45) is 5.41 Å². The summed E-state index contributed by atoms with van der Waals surface area (Å²) in [6, 6.07) is 0. The Bertz CT molecular complexity index is 295. The smallest absolute Gasteiger partial charge is 0.414 e. The van der Waals surface area contributed by atoms with Gasteiger partial charge in [-0.3, -0.25) is 4.79 Å². The van der Waals surface area contributed by atoms with Crippen LogP contribution in [0.3, 0.4) is 0 Å². The van der Waals surface area contributed by atoms with Crippen LogP contribution in [-0.2, 0) is 4.79 Å². The Morgan fingerprint density at radius 3 is 2.47 bits per heavy atom. The number of carboxylic acid groups (broad SMARTS) is 1. The molecule has 2 saturated heterocycles. The van der Waals surface area contributed by atoms with Gasteiger partial charge >= 0.3 is 6.09 Å². The Labute approximate surface area is 88.6 Å². The molecule has 5 nitrogen and oxygen atoms in total. The molecule has 0 bridgehead atoms. The minimum Gasteiger partial charge on any atom is -0.465 e. The van der Waals surface area contributed by atoms with Crippen molar-refractivity contribution in [3.63, 3.8) is 0 Å². The topological polar surface area (TPSA) is 60.9 Å². The van der Waals surface area contributed by atoms with Crippen LogP contribution in [0.15, 0.2) is 0 Å². The van der Waals surface area contributed by atoms with E-state index in [9.17, 15) is 9.59 Å². The van der Waals surface area contributed by atoms with Crippen LogP contribution in [0.2, 0.25) is 0 Å². The Morgan fingerprint density at radius 2 is 2.00 bits per heavy atom. The molecule has 0 aromatic rings. The first-order valence-corrected chi connectivity index (χ1v) is 5.24. The molecule has 0 aromatic heterocycles. The molecule has 1 N–H and O–H groups in total. The van der Waals surface area contributed by atoms with Gasteiger partial charge in [-0.2, -0.15) is 0 Å². The molecule has 0 aromatic carbocycles. The molecule has 5 heteroatoms. The molecular formula is C10H16N2O3. The summed E-state index contributed by atoms with van der Waals surface area (Å²) in [6.45, 7) is 2.32. The predicted octanol–water partition coefficient (Wildman–Crippen LogP) is 0.609. The molecule has 0 aliphatic carbocycles. The zero-order chi connectivity index (χ0) is 11.1. The maximum atomic E-state index is 11.5. The summed E-state index contributed by atoms with van der Waals surface area (Å²) in [7, 11) is 2.05. The number of likely N-dealkylation sites (tertiary alicyclic amines) is 2. The van der Waals surface area contributed by atoms with Gasteiger partial charge in [-0.1, -0.05) is 0 Å². The minimum absolute atomic E-state index is 0.0675. The summed E-state index contributed by atoms with van der Waals surface area (Å²) in [6.07, 6.45) is 1.17. The molecular weight excluding hydrogens is 196 g/mol. The molecule has 2 aliphatic rings. The van der Waals surface area contributed by atoms with Gasteiger partial charge in [-0.15, -0.1) is 0 Å². The first kappa shape index (κ1) is 10.4. The van der Waals surface area contributed by atoms with E-state index in [4.69, 9.17) is 5.11 Å². The van der Waals surface area contributed by atoms with Crippen molar-refractivity contribution in [2.45, 2.75) is 19.3 Å². The van der Waals surface area contributed by atoms with E-state index in [0.717, 1.165) is 30.8 Å². The Hall–Kier alpha value is -1.10. The second kappa shape index (κ2) is 3.48. The van der Waals surface area contributed by atoms with Gasteiger partial charge in [-0.25, -0.2) is 9.69 Å². The largest absolute Gasteiger partial charge is 0.465 e. The number of hydrogen-bond acceptors (Lipinski definition) is 3. The number of hydrogen-bond donors (Lipinski definition) is 1. The second-order valence-corrected chi connectivity index (χ2v) is 4.74. The van der Waals surface area contributed by atoms with Gasteiger partial charge in [0, 0.05) is 13.0 Å². The first-order chi connectivity index (χ1) is 7.02. The van der Waals surface area contributed by atoms with E-state index in [1.807, 2.05) is 0 Å². The molecule has 1 spiro atoms. The average molecular weight is 212 g/mol. The van der Waals surface area contributed by atoms with E-state index in [0.29, 0.717) is 13.0 Å². The Balaban J connectivity index is 2.07. The maximum Gasteiger partial charge on any atom is 0.414 e. The van der Waals surface area contributed by atoms with Crippen molar-refractivity contribution in [1.82, 2.24) is 9.80 Å². The van der Waals surface area contributed by atoms with Crippen molar-refractivity contribution < 1.29 is 14.7 Å². The fourth-order valence-corrected chi connectivity index (χ4v) is 2.50. The minimum atomic E-state index is -1.10. The maximum absolute atomic E-state index is 11.5. The summed E-state index contributed by atoms with van der Waals surface area (Å²) < 4.78 is 0. The Morgan fingerprint density at radius 1 is 1.40 bits per heavy atom. The standard InChI is InChI=1S/C10H16N2O3/c1-11-4-2-10(3-5-11)6-8(13)12(7-10)9(14)15/h2-7H2,1H3,(H,14,15). The third kappa shape index (κ3) is 1.84. The van der Waals surface area contributed by atoms with Gasteiger partial charge in [0.2, 0.25) is 5.91 Å². The highest BCUT2D eigenvalue weighted by Gasteiger charge is 2.46. The van der Waals surface area contributed by atoms with Crippen LogP contribution >= 0.6 is 0 Å². The van der Waals surface area contributed by atoms with Crippen molar-refractivity contribution >= 4 is 12.0 Å². The average Bonchev–Trinajstić information content (AvgIpc) is 2.50. The van der Waals surface area contributed by atoms with Gasteiger partial charge in [0.05, 0.1) is 0 Å². The fourth-order valence-electron chi connectivity index (χ4n) is 2.50. The van der Waals surface area contributed by atoms with Gasteiger partial charge in [0.1, 0.15) is 0 Å². The highest BCUT2D eigenvalue weighted by molar-refractivity contribution is 5.93. The third-order valence-electron chi connectivity index (χ3n) is 3.60. The molecule has 0 saturated carbocycles. The zero-order valence-electron chi connectivity index (χ0n) is 8.90. The van der Waals surface area contributed by atoms with E-state index in [1.54, 1.807) is 0 Å². The van der Waals surface area contributed by atoms with Crippen LogP contribution in [0.5, 0.6) is 0 Å². The molecule has 2 heterocycles. The van der Waals surface area contributed by atoms with Crippen molar-refractivity contribution in [3.8, 4) is 0 Å². The van der Waals surface area contributed by atoms with E-state index in [-0.39, 0.29) is 11.3 Å². The third-order valence-corrected chi connectivity index (χ3v) is 3.60. The van der Waals surface area contributed by atoms with Gasteiger partial charge in [0.25, 0.3) is 0 Å². The van der Waals surface area contributed by atoms with E-state index >= 15 is 0 Å². The summed E-state index contributed by atoms with van der Waals surface area (Å²) in [5.41, 5.74) is -0.0675. The highest BCUT2D eigenvalue weighted by Crippen LogP contribution is 2.40. The summed E-state index contributed by atoms with van der Waals surface area (Å²) in [5.74, 6) is -0.230. The molecule has 2 fully saturated rings. The number of amides is 2. The number of imide groups is 1. The summed E-state index contributed by atoms with van der Waals surface area (Å²) in [5, 5.41) is 8.84. The molecule has 15 heavy (non-hydrogen) atoms. The monoisotopic (exact) mass is 212 g/mol. The van der Waals surface area contributed by atoms with Gasteiger partial charge in [-0.05, 0) is 38.4 Å². The summed E-state index contributed by atoms with van der Waals surface area (Å²) in [4.78, 5) is 25.5. The number of piperidine rings is 1. The molecule has 84 valence electrons. The molecule has 0 radical (unpaired) electrons. The lowest BCUT2D eigenvalue weighted by molar-refractivity contribution is -0.126. The van der Waals surface area contributed by atoms with Crippen LogP contribution in [0, 0.1) is 5.41 Å². The normalized spacial score (nSPS) is 26.2. The van der Waals surface area contributed by atoms with Crippen LogP contribution < -0.4 is 0 Å². The molecule has 2 aliphatic heterocycles. The van der Waals surface area contributed by atoms with Crippen LogP contribution in [0.1, 0.15) is 19.3 Å². The van der Waals surface area contributed by atoms with Gasteiger partial charge in [0.15, 0.2) is 0 Å². The quantitative estimate of drug-likeness (QED) is 0.639. The number of nitrogens with zero attached hydrogens (tertiary/aromatic N) is 2. The highest BCUT2D eigenvalue weighted by atomic mass is 16.4. The molecule has 0 atom stereocenters. The fraction of sp³-hybridized carbons (Fsp3) is 0.800. The zero-order valence-corrected chi connectivity index (χ0v) is 8.90. The predicted molar refractivity (Wildman–Crippen MR) is 53.5 cm³/mol. The lowest BCUT2D eigenvalue weighted by atomic mass is 9.78. The van der Waals surface area contributed by atoms with E-state index in [2.05, 4.69) is 11.9 Å². The Kier molecular flexibility index (Phi) is 2.42. The first-order valence-electron chi connectivity index (χ1n) is 5.24. The number of carbonyl (C=O) groups is 2. The van der Waals surface area contributed by atoms with E-state index in [1.165, 1.54) is 0 Å². The lowest BCUT2D eigenvalue weighted by Crippen LogP contribution is -2.40. The van der Waals surface area contributed by atoms with Gasteiger partial charge < -0.3 is 10.0 Å². The van der Waals surface area contributed by atoms with Crippen molar-refractivity contribution in [1.29, 1.82) is 0 Å². The van der Waals surface area contributed by atoms with Crippen LogP contribution in [0.4, 0.5) is 4.79 Å². The molecule has 2 rings (SSSR count). The second-order valence-electron chi connectivity index (χ2n) is 4.74. The number of carbonyl (C=O) groups excluding carboxylic acids is 1. The van der Waals surface area contributed by atoms with Crippen molar-refractivity contribution in [3.05, 3.63) is 0 Å². The van der Waals surface area contributed by atoms with Crippen LogP contribution in [0.25, 0.3) is 0 Å². The molecule has 2 amide bonds. The van der Waals surface area contributed by atoms with Crippen molar-refractivity contribution in [2.75, 3.05) is 26.7 Å². The van der Waals surface area contributed by atoms with Crippen LogP contribution in [-0.4, -0.2) is 53.6 Å². The van der Waals surface area contributed by atoms with E-state index < -0.39 is 6.09 Å². The summed E-state index contributed by atoms with van der Waals surface area (Å²) >= 11 is 0. The SMILES string of the molecule is CN1CCC2(CC1)CC(=O)N(C(=O)O)C2. The molecule has 0 unspecified atom stereocenters. The number of rotatable bonds is 0. The lowest BCUT2D eigenvalue weighted by Gasteiger charge is -2.36.